The maximum absolute atomic E-state index is 12.2. The highest BCUT2D eigenvalue weighted by Gasteiger charge is 2.15. The molecule has 0 saturated carbocycles. The number of unbranched alkanes of at least 4 members (excludes halogenated alkanes) is 3. The van der Waals surface area contributed by atoms with Crippen LogP contribution in [0, 0.1) is 6.92 Å². The van der Waals surface area contributed by atoms with Crippen molar-refractivity contribution in [2.75, 3.05) is 6.54 Å². The SMILES string of the molecule is CCCCCCNC(=O)c1cnn(-c2ccc(=O)[nH]n2)c1C. The highest BCUT2D eigenvalue weighted by Crippen LogP contribution is 2.11. The first-order valence-electron chi connectivity index (χ1n) is 7.52. The van der Waals surface area contributed by atoms with Gasteiger partial charge in [-0.2, -0.15) is 10.2 Å². The Kier molecular flexibility index (Phi) is 5.46. The molecule has 0 spiro atoms. The van der Waals surface area contributed by atoms with Gasteiger partial charge >= 0.3 is 0 Å². The van der Waals surface area contributed by atoms with E-state index >= 15 is 0 Å². The minimum Gasteiger partial charge on any atom is -0.352 e. The molecule has 0 aliphatic heterocycles. The molecule has 1 amide bonds. The van der Waals surface area contributed by atoms with Gasteiger partial charge in [-0.05, 0) is 19.4 Å². The lowest BCUT2D eigenvalue weighted by Gasteiger charge is -2.05. The van der Waals surface area contributed by atoms with Crippen LogP contribution in [0.25, 0.3) is 5.82 Å². The molecule has 0 aliphatic rings. The van der Waals surface area contributed by atoms with E-state index in [-0.39, 0.29) is 11.5 Å². The Bertz CT molecular complexity index is 669. The lowest BCUT2D eigenvalue weighted by molar-refractivity contribution is 0.0952. The zero-order valence-corrected chi connectivity index (χ0v) is 12.9. The fourth-order valence-corrected chi connectivity index (χ4v) is 2.17. The molecule has 22 heavy (non-hydrogen) atoms. The Morgan fingerprint density at radius 2 is 2.14 bits per heavy atom. The van der Waals surface area contributed by atoms with Gasteiger partial charge in [0.05, 0.1) is 17.5 Å². The lowest BCUT2D eigenvalue weighted by atomic mass is 10.2. The Morgan fingerprint density at radius 3 is 2.82 bits per heavy atom. The predicted molar refractivity (Wildman–Crippen MR) is 83.2 cm³/mol. The fourth-order valence-electron chi connectivity index (χ4n) is 2.17. The molecule has 0 aromatic carbocycles. The molecule has 118 valence electrons. The van der Waals surface area contributed by atoms with Crippen molar-refractivity contribution in [2.24, 2.45) is 0 Å². The van der Waals surface area contributed by atoms with Gasteiger partial charge in [0.1, 0.15) is 0 Å². The number of amides is 1. The minimum absolute atomic E-state index is 0.135. The summed E-state index contributed by atoms with van der Waals surface area (Å²) in [5.41, 5.74) is 0.924. The van der Waals surface area contributed by atoms with Crippen LogP contribution in [0.2, 0.25) is 0 Å². The van der Waals surface area contributed by atoms with Crippen LogP contribution in [-0.2, 0) is 0 Å². The number of nitrogens with one attached hydrogen (secondary N) is 2. The van der Waals surface area contributed by atoms with Gasteiger partial charge < -0.3 is 5.32 Å². The number of aromatic amines is 1. The molecule has 7 nitrogen and oxygen atoms in total. The summed E-state index contributed by atoms with van der Waals surface area (Å²) in [5.74, 6) is 0.337. The van der Waals surface area contributed by atoms with Crippen molar-refractivity contribution in [3.05, 3.63) is 39.9 Å². The molecule has 0 radical (unpaired) electrons. The molecule has 2 aromatic rings. The van der Waals surface area contributed by atoms with Gasteiger partial charge in [0.2, 0.25) is 0 Å². The monoisotopic (exact) mass is 303 g/mol. The van der Waals surface area contributed by atoms with Crippen molar-refractivity contribution in [3.63, 3.8) is 0 Å². The lowest BCUT2D eigenvalue weighted by Crippen LogP contribution is -2.25. The Hall–Kier alpha value is -2.44. The van der Waals surface area contributed by atoms with Gasteiger partial charge in [-0.15, -0.1) is 0 Å². The number of rotatable bonds is 7. The van der Waals surface area contributed by atoms with Crippen molar-refractivity contribution in [2.45, 2.75) is 39.5 Å². The molecule has 0 saturated heterocycles. The number of nitrogens with zero attached hydrogens (tertiary/aromatic N) is 3. The van der Waals surface area contributed by atoms with Crippen LogP contribution in [0.4, 0.5) is 0 Å². The van der Waals surface area contributed by atoms with Gasteiger partial charge in [0.15, 0.2) is 5.82 Å². The van der Waals surface area contributed by atoms with Crippen LogP contribution < -0.4 is 10.9 Å². The molecular formula is C15H21N5O2. The Labute approximate surface area is 128 Å². The first-order valence-corrected chi connectivity index (χ1v) is 7.52. The van der Waals surface area contributed by atoms with E-state index in [0.717, 1.165) is 12.8 Å². The van der Waals surface area contributed by atoms with E-state index < -0.39 is 0 Å². The van der Waals surface area contributed by atoms with Gasteiger partial charge in [-0.25, -0.2) is 9.78 Å². The summed E-state index contributed by atoms with van der Waals surface area (Å²) < 4.78 is 1.53. The normalized spacial score (nSPS) is 10.6. The summed E-state index contributed by atoms with van der Waals surface area (Å²) in [5, 5.41) is 13.3. The number of hydrogen-bond donors (Lipinski definition) is 2. The third kappa shape index (κ3) is 3.81. The average Bonchev–Trinajstić information content (AvgIpc) is 2.89. The second-order valence-corrected chi connectivity index (χ2v) is 5.15. The topological polar surface area (TPSA) is 92.7 Å². The van der Waals surface area contributed by atoms with Crippen molar-refractivity contribution in [1.29, 1.82) is 0 Å². The molecule has 0 fully saturated rings. The van der Waals surface area contributed by atoms with Crippen LogP contribution in [-0.4, -0.2) is 32.4 Å². The Balaban J connectivity index is 2.02. The van der Waals surface area contributed by atoms with Crippen molar-refractivity contribution < 1.29 is 4.79 Å². The van der Waals surface area contributed by atoms with E-state index in [1.807, 2.05) is 0 Å². The summed E-state index contributed by atoms with van der Waals surface area (Å²) >= 11 is 0. The van der Waals surface area contributed by atoms with Gasteiger partial charge in [0, 0.05) is 12.6 Å². The highest BCUT2D eigenvalue weighted by atomic mass is 16.1. The summed E-state index contributed by atoms with van der Waals surface area (Å²) in [6.45, 7) is 4.62. The molecule has 2 N–H and O–H groups in total. The van der Waals surface area contributed by atoms with Gasteiger partial charge in [-0.1, -0.05) is 26.2 Å². The zero-order valence-electron chi connectivity index (χ0n) is 12.9. The van der Waals surface area contributed by atoms with E-state index in [0.29, 0.717) is 23.6 Å². The van der Waals surface area contributed by atoms with Crippen LogP contribution in [0.3, 0.4) is 0 Å². The van der Waals surface area contributed by atoms with Crippen LogP contribution in [0.5, 0.6) is 0 Å². The maximum Gasteiger partial charge on any atom is 0.264 e. The predicted octanol–water partition coefficient (Wildman–Crippen LogP) is 1.57. The molecule has 0 unspecified atom stereocenters. The van der Waals surface area contributed by atoms with E-state index in [9.17, 15) is 9.59 Å². The van der Waals surface area contributed by atoms with Gasteiger partial charge in [-0.3, -0.25) is 9.59 Å². The average molecular weight is 303 g/mol. The number of carbonyl (C=O) groups is 1. The maximum atomic E-state index is 12.2. The summed E-state index contributed by atoms with van der Waals surface area (Å²) in [6, 6.07) is 2.93. The zero-order chi connectivity index (χ0) is 15.9. The summed E-state index contributed by atoms with van der Waals surface area (Å²) in [6.07, 6.45) is 5.98. The number of H-pyrrole nitrogens is 1. The molecule has 0 atom stereocenters. The molecular weight excluding hydrogens is 282 g/mol. The van der Waals surface area contributed by atoms with Crippen LogP contribution in [0.1, 0.15) is 48.7 Å². The molecule has 0 aliphatic carbocycles. The first-order chi connectivity index (χ1) is 10.6. The summed E-state index contributed by atoms with van der Waals surface area (Å²) in [7, 11) is 0. The molecule has 0 bridgehead atoms. The van der Waals surface area contributed by atoms with Crippen molar-refractivity contribution >= 4 is 5.91 Å². The van der Waals surface area contributed by atoms with Gasteiger partial charge in [0.25, 0.3) is 11.5 Å². The van der Waals surface area contributed by atoms with E-state index in [2.05, 4.69) is 27.5 Å². The summed E-state index contributed by atoms with van der Waals surface area (Å²) in [4.78, 5) is 23.2. The number of aromatic nitrogens is 4. The smallest absolute Gasteiger partial charge is 0.264 e. The molecule has 2 rings (SSSR count). The number of hydrogen-bond acceptors (Lipinski definition) is 4. The van der Waals surface area contributed by atoms with E-state index in [4.69, 9.17) is 0 Å². The molecule has 7 heteroatoms. The highest BCUT2D eigenvalue weighted by molar-refractivity contribution is 5.95. The van der Waals surface area contributed by atoms with E-state index in [1.165, 1.54) is 29.8 Å². The van der Waals surface area contributed by atoms with Crippen molar-refractivity contribution in [3.8, 4) is 5.82 Å². The van der Waals surface area contributed by atoms with Crippen molar-refractivity contribution in [1.82, 2.24) is 25.3 Å². The van der Waals surface area contributed by atoms with Crippen LogP contribution >= 0.6 is 0 Å². The fraction of sp³-hybridized carbons (Fsp3) is 0.467. The largest absolute Gasteiger partial charge is 0.352 e. The van der Waals surface area contributed by atoms with Crippen LogP contribution in [0.15, 0.2) is 23.1 Å². The first kappa shape index (κ1) is 15.9. The third-order valence-electron chi connectivity index (χ3n) is 3.45. The second kappa shape index (κ2) is 7.53. The third-order valence-corrected chi connectivity index (χ3v) is 3.45. The molecule has 2 heterocycles. The quantitative estimate of drug-likeness (QED) is 0.759. The molecule has 2 aromatic heterocycles. The van der Waals surface area contributed by atoms with E-state index in [1.54, 1.807) is 13.0 Å². The minimum atomic E-state index is -0.279. The second-order valence-electron chi connectivity index (χ2n) is 5.15. The standard InChI is InChI=1S/C15H21N5O2/c1-3-4-5-6-9-16-15(22)12-10-17-20(11(12)2)13-7-8-14(21)19-18-13/h7-8,10H,3-6,9H2,1-2H3,(H,16,22)(H,19,21). The number of carbonyl (C=O) groups excluding carboxylic acids is 1. The Morgan fingerprint density at radius 1 is 1.32 bits per heavy atom.